The first-order valence-corrected chi connectivity index (χ1v) is 7.05. The molecule has 3 rings (SSSR count). The van der Waals surface area contributed by atoms with Crippen molar-refractivity contribution in [3.8, 4) is 0 Å². The molecular formula is C14H22N2O2. The summed E-state index contributed by atoms with van der Waals surface area (Å²) in [6.45, 7) is 5.88. The zero-order valence-electron chi connectivity index (χ0n) is 11.3. The van der Waals surface area contributed by atoms with Crippen LogP contribution in [0, 0.1) is 6.92 Å². The molecule has 1 aromatic heterocycles. The van der Waals surface area contributed by atoms with Crippen molar-refractivity contribution in [2.24, 2.45) is 0 Å². The van der Waals surface area contributed by atoms with Crippen LogP contribution in [0.3, 0.4) is 0 Å². The number of nitrogens with zero attached hydrogens (tertiary/aromatic N) is 2. The average Bonchev–Trinajstić information content (AvgIpc) is 2.98. The van der Waals surface area contributed by atoms with Gasteiger partial charge in [-0.2, -0.15) is 5.10 Å². The Morgan fingerprint density at radius 3 is 2.56 bits per heavy atom. The van der Waals surface area contributed by atoms with Gasteiger partial charge in [0.15, 0.2) is 5.79 Å². The van der Waals surface area contributed by atoms with E-state index in [1.165, 1.54) is 11.3 Å². The highest BCUT2D eigenvalue weighted by molar-refractivity contribution is 5.16. The van der Waals surface area contributed by atoms with Crippen LogP contribution in [0.2, 0.25) is 0 Å². The molecule has 0 aromatic carbocycles. The molecule has 1 saturated heterocycles. The van der Waals surface area contributed by atoms with E-state index in [4.69, 9.17) is 9.47 Å². The van der Waals surface area contributed by atoms with Gasteiger partial charge in [-0.15, -0.1) is 0 Å². The van der Waals surface area contributed by atoms with Gasteiger partial charge in [-0.25, -0.2) is 0 Å². The van der Waals surface area contributed by atoms with Crippen LogP contribution in [0.5, 0.6) is 0 Å². The van der Waals surface area contributed by atoms with Gasteiger partial charge in [0.25, 0.3) is 0 Å². The summed E-state index contributed by atoms with van der Waals surface area (Å²) in [6.07, 6.45) is 7.28. The third-order valence-corrected chi connectivity index (χ3v) is 4.40. The molecule has 0 amide bonds. The topological polar surface area (TPSA) is 36.3 Å². The van der Waals surface area contributed by atoms with Crippen molar-refractivity contribution in [1.29, 1.82) is 0 Å². The van der Waals surface area contributed by atoms with E-state index in [0.29, 0.717) is 6.04 Å². The number of ether oxygens (including phenoxy) is 2. The molecule has 1 aliphatic carbocycles. The van der Waals surface area contributed by atoms with Crippen LogP contribution in [-0.4, -0.2) is 28.8 Å². The van der Waals surface area contributed by atoms with Crippen LogP contribution >= 0.6 is 0 Å². The first-order valence-electron chi connectivity index (χ1n) is 7.05. The molecule has 0 unspecified atom stereocenters. The maximum absolute atomic E-state index is 5.77. The van der Waals surface area contributed by atoms with Crippen LogP contribution < -0.4 is 0 Å². The quantitative estimate of drug-likeness (QED) is 0.809. The summed E-state index contributed by atoms with van der Waals surface area (Å²) in [5.41, 5.74) is 2.69. The summed E-state index contributed by atoms with van der Waals surface area (Å²) in [5.74, 6) is -0.259. The summed E-state index contributed by atoms with van der Waals surface area (Å²) in [5, 5.41) is 4.56. The lowest BCUT2D eigenvalue weighted by molar-refractivity contribution is -0.181. The summed E-state index contributed by atoms with van der Waals surface area (Å²) in [7, 11) is 0. The van der Waals surface area contributed by atoms with Crippen molar-refractivity contribution in [2.75, 3.05) is 13.2 Å². The second-order valence-corrected chi connectivity index (χ2v) is 5.39. The molecule has 1 aromatic rings. The maximum Gasteiger partial charge on any atom is 0.168 e. The van der Waals surface area contributed by atoms with E-state index in [9.17, 15) is 0 Å². The van der Waals surface area contributed by atoms with Crippen LogP contribution in [-0.2, 0) is 15.9 Å². The highest BCUT2D eigenvalue weighted by Crippen LogP contribution is 2.40. The minimum Gasteiger partial charge on any atom is -0.348 e. The molecule has 0 N–H and O–H groups in total. The number of hydrogen-bond donors (Lipinski definition) is 0. The molecule has 1 saturated carbocycles. The number of rotatable bonds is 2. The molecule has 0 radical (unpaired) electrons. The van der Waals surface area contributed by atoms with E-state index in [1.54, 1.807) is 0 Å². The Kier molecular flexibility index (Phi) is 3.16. The molecule has 2 fully saturated rings. The van der Waals surface area contributed by atoms with Crippen molar-refractivity contribution in [1.82, 2.24) is 9.78 Å². The Balaban J connectivity index is 1.70. The minimum absolute atomic E-state index is 0.259. The molecular weight excluding hydrogens is 228 g/mol. The Labute approximate surface area is 108 Å². The fraction of sp³-hybridized carbons (Fsp3) is 0.786. The molecule has 1 spiro atoms. The fourth-order valence-corrected chi connectivity index (χ4v) is 3.25. The molecule has 18 heavy (non-hydrogen) atoms. The minimum atomic E-state index is -0.259. The molecule has 1 aliphatic heterocycles. The molecule has 2 aliphatic rings. The zero-order chi connectivity index (χ0) is 12.6. The Hall–Kier alpha value is -0.870. The summed E-state index contributed by atoms with van der Waals surface area (Å²) in [4.78, 5) is 0. The second kappa shape index (κ2) is 4.67. The molecule has 100 valence electrons. The summed E-state index contributed by atoms with van der Waals surface area (Å²) >= 11 is 0. The van der Waals surface area contributed by atoms with Gasteiger partial charge in [-0.1, -0.05) is 6.92 Å². The highest BCUT2D eigenvalue weighted by Gasteiger charge is 2.41. The van der Waals surface area contributed by atoms with Gasteiger partial charge in [0, 0.05) is 18.5 Å². The lowest BCUT2D eigenvalue weighted by atomic mass is 9.90. The largest absolute Gasteiger partial charge is 0.348 e. The van der Waals surface area contributed by atoms with E-state index in [0.717, 1.165) is 45.3 Å². The maximum atomic E-state index is 5.77. The molecule has 4 nitrogen and oxygen atoms in total. The van der Waals surface area contributed by atoms with Crippen LogP contribution in [0.15, 0.2) is 6.20 Å². The van der Waals surface area contributed by atoms with E-state index in [1.807, 2.05) is 6.20 Å². The van der Waals surface area contributed by atoms with Crippen molar-refractivity contribution >= 4 is 0 Å². The van der Waals surface area contributed by atoms with Gasteiger partial charge in [0.1, 0.15) is 0 Å². The normalized spacial score (nSPS) is 23.9. The van der Waals surface area contributed by atoms with E-state index in [2.05, 4.69) is 23.6 Å². The molecule has 2 heterocycles. The van der Waals surface area contributed by atoms with Gasteiger partial charge in [0.2, 0.25) is 0 Å². The number of aromatic nitrogens is 2. The molecule has 0 atom stereocenters. The standard InChI is InChI=1S/C14H22N2O2/c1-3-12-10-15-16(11(12)2)13-4-6-14(7-5-13)17-8-9-18-14/h10,13H,3-9H2,1-2H3. The van der Waals surface area contributed by atoms with Crippen LogP contribution in [0.4, 0.5) is 0 Å². The Morgan fingerprint density at radius 2 is 2.00 bits per heavy atom. The highest BCUT2D eigenvalue weighted by atomic mass is 16.7. The fourth-order valence-electron chi connectivity index (χ4n) is 3.25. The SMILES string of the molecule is CCc1cnn(C2CCC3(CC2)OCCO3)c1C. The van der Waals surface area contributed by atoms with Gasteiger partial charge < -0.3 is 9.47 Å². The molecule has 4 heteroatoms. The second-order valence-electron chi connectivity index (χ2n) is 5.39. The van der Waals surface area contributed by atoms with Gasteiger partial charge in [0.05, 0.1) is 25.5 Å². The summed E-state index contributed by atoms with van der Waals surface area (Å²) in [6, 6.07) is 0.517. The predicted molar refractivity (Wildman–Crippen MR) is 68.5 cm³/mol. The molecule has 0 bridgehead atoms. The lowest BCUT2D eigenvalue weighted by Crippen LogP contribution is -2.36. The van der Waals surface area contributed by atoms with Gasteiger partial charge in [-0.05, 0) is 31.7 Å². The Bertz CT molecular complexity index is 411. The third kappa shape index (κ3) is 1.97. The van der Waals surface area contributed by atoms with E-state index < -0.39 is 0 Å². The number of aryl methyl sites for hydroxylation is 1. The average molecular weight is 250 g/mol. The monoisotopic (exact) mass is 250 g/mol. The van der Waals surface area contributed by atoms with Crippen molar-refractivity contribution in [3.63, 3.8) is 0 Å². The lowest BCUT2D eigenvalue weighted by Gasteiger charge is -2.35. The predicted octanol–water partition coefficient (Wildman–Crippen LogP) is 2.61. The van der Waals surface area contributed by atoms with Gasteiger partial charge in [-0.3, -0.25) is 4.68 Å². The number of hydrogen-bond acceptors (Lipinski definition) is 3. The first-order chi connectivity index (χ1) is 8.74. The van der Waals surface area contributed by atoms with Gasteiger partial charge >= 0.3 is 0 Å². The third-order valence-electron chi connectivity index (χ3n) is 4.40. The van der Waals surface area contributed by atoms with E-state index >= 15 is 0 Å². The van der Waals surface area contributed by atoms with Crippen molar-refractivity contribution in [2.45, 2.75) is 57.8 Å². The zero-order valence-corrected chi connectivity index (χ0v) is 11.3. The Morgan fingerprint density at radius 1 is 1.33 bits per heavy atom. The first kappa shape index (κ1) is 12.2. The summed E-state index contributed by atoms with van der Waals surface area (Å²) < 4.78 is 13.7. The van der Waals surface area contributed by atoms with Crippen molar-refractivity contribution < 1.29 is 9.47 Å². The van der Waals surface area contributed by atoms with Crippen LogP contribution in [0.25, 0.3) is 0 Å². The smallest absolute Gasteiger partial charge is 0.168 e. The van der Waals surface area contributed by atoms with E-state index in [-0.39, 0.29) is 5.79 Å². The van der Waals surface area contributed by atoms with Crippen molar-refractivity contribution in [3.05, 3.63) is 17.5 Å². The van der Waals surface area contributed by atoms with Crippen LogP contribution in [0.1, 0.15) is 49.9 Å².